The molecule has 0 aromatic rings. The van der Waals surface area contributed by atoms with Crippen LogP contribution in [0.1, 0.15) is 26.2 Å². The number of piperidine rings is 1. The van der Waals surface area contributed by atoms with Gasteiger partial charge in [0.15, 0.2) is 0 Å². The Bertz CT molecular complexity index is 270. The highest BCUT2D eigenvalue weighted by molar-refractivity contribution is 5.78. The molecule has 0 aromatic heterocycles. The van der Waals surface area contributed by atoms with Gasteiger partial charge in [0.05, 0.1) is 6.54 Å². The maximum absolute atomic E-state index is 12.1. The molecule has 4 nitrogen and oxygen atoms in total. The maximum atomic E-state index is 12.1. The van der Waals surface area contributed by atoms with Gasteiger partial charge in [-0.2, -0.15) is 0 Å². The summed E-state index contributed by atoms with van der Waals surface area (Å²) in [7, 11) is 0. The van der Waals surface area contributed by atoms with Crippen LogP contribution in [0.5, 0.6) is 0 Å². The van der Waals surface area contributed by atoms with Gasteiger partial charge in [0.1, 0.15) is 0 Å². The molecule has 0 saturated carbocycles. The van der Waals surface area contributed by atoms with Crippen molar-refractivity contribution >= 4 is 5.91 Å². The lowest BCUT2D eigenvalue weighted by molar-refractivity contribution is -0.133. The summed E-state index contributed by atoms with van der Waals surface area (Å²) in [5.74, 6) is 1.30. The van der Waals surface area contributed by atoms with Gasteiger partial charge in [-0.1, -0.05) is 6.92 Å². The number of aliphatic hydroxyl groups is 1. The molecule has 0 spiro atoms. The van der Waals surface area contributed by atoms with Crippen LogP contribution in [0.15, 0.2) is 0 Å². The Labute approximate surface area is 104 Å². The lowest BCUT2D eigenvalue weighted by Crippen LogP contribution is -2.44. The minimum absolute atomic E-state index is 0.255. The minimum atomic E-state index is 0.255. The molecule has 1 amide bonds. The minimum Gasteiger partial charge on any atom is -0.396 e. The number of carbonyl (C=O) groups is 1. The van der Waals surface area contributed by atoms with Crippen molar-refractivity contribution in [2.45, 2.75) is 26.2 Å². The molecule has 0 radical (unpaired) electrons. The van der Waals surface area contributed by atoms with Crippen LogP contribution in [0.25, 0.3) is 0 Å². The number of hydrogen-bond donors (Lipinski definition) is 1. The van der Waals surface area contributed by atoms with Crippen molar-refractivity contribution in [2.75, 3.05) is 39.3 Å². The van der Waals surface area contributed by atoms with E-state index < -0.39 is 0 Å². The molecular formula is C13H24N2O2. The molecule has 2 heterocycles. The molecule has 2 saturated heterocycles. The average Bonchev–Trinajstić information content (AvgIpc) is 2.77. The average molecular weight is 240 g/mol. The highest BCUT2D eigenvalue weighted by Crippen LogP contribution is 2.18. The van der Waals surface area contributed by atoms with Gasteiger partial charge in [-0.15, -0.1) is 0 Å². The first kappa shape index (κ1) is 12.8. The van der Waals surface area contributed by atoms with Crippen LogP contribution in [-0.4, -0.2) is 60.1 Å². The number of amides is 1. The van der Waals surface area contributed by atoms with Gasteiger partial charge in [0.25, 0.3) is 0 Å². The zero-order chi connectivity index (χ0) is 12.3. The maximum Gasteiger partial charge on any atom is 0.236 e. The third-order valence-corrected chi connectivity index (χ3v) is 4.00. The lowest BCUT2D eigenvalue weighted by Gasteiger charge is -2.32. The monoisotopic (exact) mass is 240 g/mol. The van der Waals surface area contributed by atoms with Gasteiger partial charge in [-0.05, 0) is 37.6 Å². The number of likely N-dealkylation sites (tertiary alicyclic amines) is 2. The molecule has 2 atom stereocenters. The molecule has 2 rings (SSSR count). The fraction of sp³-hybridized carbons (Fsp3) is 0.923. The molecule has 2 aliphatic heterocycles. The lowest BCUT2D eigenvalue weighted by atomic mass is 10.0. The predicted molar refractivity (Wildman–Crippen MR) is 66.6 cm³/mol. The fourth-order valence-electron chi connectivity index (χ4n) is 2.91. The normalized spacial score (nSPS) is 30.8. The second kappa shape index (κ2) is 5.83. The zero-order valence-corrected chi connectivity index (χ0v) is 10.8. The van der Waals surface area contributed by atoms with E-state index in [-0.39, 0.29) is 12.5 Å². The van der Waals surface area contributed by atoms with Crippen molar-refractivity contribution in [1.29, 1.82) is 0 Å². The van der Waals surface area contributed by atoms with Crippen LogP contribution < -0.4 is 0 Å². The van der Waals surface area contributed by atoms with E-state index in [0.29, 0.717) is 18.4 Å². The van der Waals surface area contributed by atoms with Gasteiger partial charge in [0, 0.05) is 26.2 Å². The Kier molecular flexibility index (Phi) is 4.40. The molecule has 0 bridgehead atoms. The first-order valence-electron chi connectivity index (χ1n) is 6.80. The van der Waals surface area contributed by atoms with Gasteiger partial charge in [0.2, 0.25) is 5.91 Å². The highest BCUT2D eigenvalue weighted by atomic mass is 16.3. The molecule has 0 aliphatic carbocycles. The Balaban J connectivity index is 1.77. The number of nitrogens with zero attached hydrogens (tertiary/aromatic N) is 2. The van der Waals surface area contributed by atoms with Crippen molar-refractivity contribution in [3.8, 4) is 0 Å². The van der Waals surface area contributed by atoms with E-state index in [1.54, 1.807) is 0 Å². The molecule has 4 heteroatoms. The quantitative estimate of drug-likeness (QED) is 0.784. The molecule has 98 valence electrons. The van der Waals surface area contributed by atoms with Gasteiger partial charge in [-0.3, -0.25) is 9.69 Å². The third kappa shape index (κ3) is 3.42. The van der Waals surface area contributed by atoms with Crippen LogP contribution in [0.2, 0.25) is 0 Å². The van der Waals surface area contributed by atoms with E-state index in [1.165, 1.54) is 6.42 Å². The Morgan fingerprint density at radius 1 is 1.29 bits per heavy atom. The van der Waals surface area contributed by atoms with Crippen molar-refractivity contribution in [3.63, 3.8) is 0 Å². The van der Waals surface area contributed by atoms with E-state index in [4.69, 9.17) is 5.11 Å². The smallest absolute Gasteiger partial charge is 0.236 e. The first-order valence-corrected chi connectivity index (χ1v) is 6.80. The molecule has 1 N–H and O–H groups in total. The van der Waals surface area contributed by atoms with Crippen LogP contribution >= 0.6 is 0 Å². The summed E-state index contributed by atoms with van der Waals surface area (Å²) in [4.78, 5) is 16.3. The molecule has 2 fully saturated rings. The summed E-state index contributed by atoms with van der Waals surface area (Å²) in [5, 5.41) is 9.08. The van der Waals surface area contributed by atoms with Crippen LogP contribution in [0.4, 0.5) is 0 Å². The Morgan fingerprint density at radius 3 is 2.76 bits per heavy atom. The van der Waals surface area contributed by atoms with Crippen molar-refractivity contribution in [3.05, 3.63) is 0 Å². The van der Waals surface area contributed by atoms with Crippen LogP contribution in [-0.2, 0) is 4.79 Å². The SMILES string of the molecule is CC1CCCN(C(=O)CN2CCC(CO)C2)C1. The zero-order valence-electron chi connectivity index (χ0n) is 10.8. The van der Waals surface area contributed by atoms with E-state index in [9.17, 15) is 4.79 Å². The second-order valence-electron chi connectivity index (χ2n) is 5.66. The van der Waals surface area contributed by atoms with Crippen molar-refractivity contribution in [1.82, 2.24) is 9.80 Å². The summed E-state index contributed by atoms with van der Waals surface area (Å²) >= 11 is 0. The Morgan fingerprint density at radius 2 is 2.12 bits per heavy atom. The molecule has 0 aromatic carbocycles. The molecule has 2 unspecified atom stereocenters. The number of rotatable bonds is 3. The number of aliphatic hydroxyl groups excluding tert-OH is 1. The highest BCUT2D eigenvalue weighted by Gasteiger charge is 2.26. The van der Waals surface area contributed by atoms with E-state index in [0.717, 1.165) is 39.0 Å². The summed E-state index contributed by atoms with van der Waals surface area (Å²) in [5.41, 5.74) is 0. The van der Waals surface area contributed by atoms with Crippen LogP contribution in [0, 0.1) is 11.8 Å². The summed E-state index contributed by atoms with van der Waals surface area (Å²) < 4.78 is 0. The van der Waals surface area contributed by atoms with Crippen LogP contribution in [0.3, 0.4) is 0 Å². The summed E-state index contributed by atoms with van der Waals surface area (Å²) in [6, 6.07) is 0. The molecular weight excluding hydrogens is 216 g/mol. The van der Waals surface area contributed by atoms with E-state index >= 15 is 0 Å². The second-order valence-corrected chi connectivity index (χ2v) is 5.66. The summed E-state index contributed by atoms with van der Waals surface area (Å²) in [6.07, 6.45) is 3.42. The van der Waals surface area contributed by atoms with Gasteiger partial charge >= 0.3 is 0 Å². The Hall–Kier alpha value is -0.610. The standard InChI is InChI=1S/C13H24N2O2/c1-11-3-2-5-15(7-11)13(17)9-14-6-4-12(8-14)10-16/h11-12,16H,2-10H2,1H3. The third-order valence-electron chi connectivity index (χ3n) is 4.00. The molecule has 2 aliphatic rings. The largest absolute Gasteiger partial charge is 0.396 e. The number of carbonyl (C=O) groups excluding carboxylic acids is 1. The van der Waals surface area contributed by atoms with E-state index in [2.05, 4.69) is 11.8 Å². The fourth-order valence-corrected chi connectivity index (χ4v) is 2.91. The van der Waals surface area contributed by atoms with Crippen molar-refractivity contribution in [2.24, 2.45) is 11.8 Å². The summed E-state index contributed by atoms with van der Waals surface area (Å²) in [6.45, 7) is 6.72. The predicted octanol–water partition coefficient (Wildman–Crippen LogP) is 0.559. The first-order chi connectivity index (χ1) is 8.19. The number of hydrogen-bond acceptors (Lipinski definition) is 3. The van der Waals surface area contributed by atoms with Gasteiger partial charge in [-0.25, -0.2) is 0 Å². The topological polar surface area (TPSA) is 43.8 Å². The molecule has 17 heavy (non-hydrogen) atoms. The van der Waals surface area contributed by atoms with Gasteiger partial charge < -0.3 is 10.0 Å². The van der Waals surface area contributed by atoms with E-state index in [1.807, 2.05) is 4.90 Å². The van der Waals surface area contributed by atoms with Crippen molar-refractivity contribution < 1.29 is 9.90 Å².